The molecule has 3 nitrogen and oxygen atoms in total. The van der Waals surface area contributed by atoms with E-state index in [0.717, 1.165) is 12.1 Å². The van der Waals surface area contributed by atoms with Crippen LogP contribution in [0.25, 0.3) is 0 Å². The molecule has 88 valence electrons. The first-order chi connectivity index (χ1) is 7.65. The number of amides is 1. The standard InChI is InChI=1S/C13H20N2O/c1-3-11-4-6-12(7-5-11)15-13(16)8-10(2)9-14/h4-7,10H,3,8-9,14H2,1-2H3,(H,15,16). The molecule has 0 aliphatic carbocycles. The van der Waals surface area contributed by atoms with Gasteiger partial charge in [-0.2, -0.15) is 0 Å². The summed E-state index contributed by atoms with van der Waals surface area (Å²) in [7, 11) is 0. The number of hydrogen-bond donors (Lipinski definition) is 2. The number of rotatable bonds is 5. The van der Waals surface area contributed by atoms with Gasteiger partial charge in [-0.15, -0.1) is 0 Å². The van der Waals surface area contributed by atoms with Gasteiger partial charge in [-0.05, 0) is 36.6 Å². The first-order valence-corrected chi connectivity index (χ1v) is 5.74. The number of nitrogens with two attached hydrogens (primary N) is 1. The van der Waals surface area contributed by atoms with Gasteiger partial charge in [0.15, 0.2) is 0 Å². The molecule has 1 amide bonds. The van der Waals surface area contributed by atoms with Gasteiger partial charge in [0.25, 0.3) is 0 Å². The average molecular weight is 220 g/mol. The Labute approximate surface area is 97.0 Å². The van der Waals surface area contributed by atoms with Crippen molar-refractivity contribution in [1.82, 2.24) is 0 Å². The number of carbonyl (C=O) groups is 1. The van der Waals surface area contributed by atoms with E-state index in [9.17, 15) is 4.79 Å². The number of carbonyl (C=O) groups excluding carboxylic acids is 1. The molecule has 0 saturated carbocycles. The summed E-state index contributed by atoms with van der Waals surface area (Å²) >= 11 is 0. The zero-order chi connectivity index (χ0) is 12.0. The van der Waals surface area contributed by atoms with E-state index in [1.807, 2.05) is 31.2 Å². The Kier molecular flexibility index (Phi) is 4.99. The fraction of sp³-hybridized carbons (Fsp3) is 0.462. The summed E-state index contributed by atoms with van der Waals surface area (Å²) < 4.78 is 0. The van der Waals surface area contributed by atoms with Gasteiger partial charge in [-0.25, -0.2) is 0 Å². The van der Waals surface area contributed by atoms with Crippen LogP contribution in [-0.4, -0.2) is 12.5 Å². The smallest absolute Gasteiger partial charge is 0.224 e. The molecule has 0 saturated heterocycles. The Morgan fingerprint density at radius 3 is 2.50 bits per heavy atom. The summed E-state index contributed by atoms with van der Waals surface area (Å²) in [6.45, 7) is 4.62. The fourth-order valence-corrected chi connectivity index (χ4v) is 1.44. The minimum Gasteiger partial charge on any atom is -0.330 e. The maximum atomic E-state index is 11.6. The minimum absolute atomic E-state index is 0.0298. The van der Waals surface area contributed by atoms with Crippen molar-refractivity contribution in [1.29, 1.82) is 0 Å². The van der Waals surface area contributed by atoms with Crippen molar-refractivity contribution in [2.24, 2.45) is 11.7 Å². The zero-order valence-corrected chi connectivity index (χ0v) is 9.99. The van der Waals surface area contributed by atoms with Crippen LogP contribution in [0.2, 0.25) is 0 Å². The molecule has 0 radical (unpaired) electrons. The maximum absolute atomic E-state index is 11.6. The van der Waals surface area contributed by atoms with Crippen molar-refractivity contribution < 1.29 is 4.79 Å². The van der Waals surface area contributed by atoms with E-state index in [0.29, 0.717) is 13.0 Å². The third-order valence-electron chi connectivity index (χ3n) is 2.58. The fourth-order valence-electron chi connectivity index (χ4n) is 1.44. The molecule has 1 aromatic carbocycles. The third kappa shape index (κ3) is 4.03. The molecule has 0 heterocycles. The second-order valence-electron chi connectivity index (χ2n) is 4.14. The topological polar surface area (TPSA) is 55.1 Å². The van der Waals surface area contributed by atoms with Gasteiger partial charge < -0.3 is 11.1 Å². The highest BCUT2D eigenvalue weighted by molar-refractivity contribution is 5.90. The van der Waals surface area contributed by atoms with Gasteiger partial charge >= 0.3 is 0 Å². The Balaban J connectivity index is 2.49. The van der Waals surface area contributed by atoms with Gasteiger partial charge in [0.2, 0.25) is 5.91 Å². The quantitative estimate of drug-likeness (QED) is 0.799. The second kappa shape index (κ2) is 6.28. The van der Waals surface area contributed by atoms with Crippen LogP contribution >= 0.6 is 0 Å². The molecule has 0 aliphatic rings. The van der Waals surface area contributed by atoms with Crippen LogP contribution in [0.1, 0.15) is 25.8 Å². The van der Waals surface area contributed by atoms with Gasteiger partial charge in [-0.1, -0.05) is 26.0 Å². The Morgan fingerprint density at radius 2 is 2.00 bits per heavy atom. The minimum atomic E-state index is 0.0298. The molecule has 16 heavy (non-hydrogen) atoms. The molecule has 3 N–H and O–H groups in total. The van der Waals surface area contributed by atoms with Crippen molar-refractivity contribution in [2.75, 3.05) is 11.9 Å². The van der Waals surface area contributed by atoms with E-state index in [4.69, 9.17) is 5.73 Å². The summed E-state index contributed by atoms with van der Waals surface area (Å²) in [5.74, 6) is 0.261. The highest BCUT2D eigenvalue weighted by atomic mass is 16.1. The highest BCUT2D eigenvalue weighted by Crippen LogP contribution is 2.11. The van der Waals surface area contributed by atoms with Crippen LogP contribution in [0, 0.1) is 5.92 Å². The molecule has 1 rings (SSSR count). The highest BCUT2D eigenvalue weighted by Gasteiger charge is 2.07. The van der Waals surface area contributed by atoms with E-state index < -0.39 is 0 Å². The lowest BCUT2D eigenvalue weighted by atomic mass is 10.1. The molecule has 1 atom stereocenters. The molecule has 0 fully saturated rings. The predicted octanol–water partition coefficient (Wildman–Crippen LogP) is 2.17. The largest absolute Gasteiger partial charge is 0.330 e. The van der Waals surface area contributed by atoms with E-state index >= 15 is 0 Å². The second-order valence-corrected chi connectivity index (χ2v) is 4.14. The monoisotopic (exact) mass is 220 g/mol. The van der Waals surface area contributed by atoms with Crippen molar-refractivity contribution in [3.63, 3.8) is 0 Å². The van der Waals surface area contributed by atoms with Crippen LogP contribution in [0.4, 0.5) is 5.69 Å². The van der Waals surface area contributed by atoms with E-state index in [-0.39, 0.29) is 11.8 Å². The number of anilines is 1. The number of aryl methyl sites for hydroxylation is 1. The number of nitrogens with one attached hydrogen (secondary N) is 1. The molecule has 0 spiro atoms. The summed E-state index contributed by atoms with van der Waals surface area (Å²) in [4.78, 5) is 11.6. The lowest BCUT2D eigenvalue weighted by Gasteiger charge is -2.09. The van der Waals surface area contributed by atoms with Crippen molar-refractivity contribution in [3.05, 3.63) is 29.8 Å². The van der Waals surface area contributed by atoms with Crippen LogP contribution in [0.15, 0.2) is 24.3 Å². The van der Waals surface area contributed by atoms with E-state index in [2.05, 4.69) is 12.2 Å². The van der Waals surface area contributed by atoms with E-state index in [1.165, 1.54) is 5.56 Å². The molecule has 0 aliphatic heterocycles. The van der Waals surface area contributed by atoms with Gasteiger partial charge in [0.05, 0.1) is 0 Å². The van der Waals surface area contributed by atoms with Crippen molar-refractivity contribution in [2.45, 2.75) is 26.7 Å². The van der Waals surface area contributed by atoms with Crippen molar-refractivity contribution >= 4 is 11.6 Å². The number of benzene rings is 1. The number of hydrogen-bond acceptors (Lipinski definition) is 2. The van der Waals surface area contributed by atoms with E-state index in [1.54, 1.807) is 0 Å². The van der Waals surface area contributed by atoms with Crippen LogP contribution in [-0.2, 0) is 11.2 Å². The van der Waals surface area contributed by atoms with Crippen molar-refractivity contribution in [3.8, 4) is 0 Å². The average Bonchev–Trinajstić information content (AvgIpc) is 2.29. The normalized spacial score (nSPS) is 12.2. The summed E-state index contributed by atoms with van der Waals surface area (Å²) in [6, 6.07) is 7.93. The lowest BCUT2D eigenvalue weighted by molar-refractivity contribution is -0.116. The molecular formula is C13H20N2O. The maximum Gasteiger partial charge on any atom is 0.224 e. The van der Waals surface area contributed by atoms with Gasteiger partial charge in [0, 0.05) is 12.1 Å². The Bertz CT molecular complexity index is 332. The lowest BCUT2D eigenvalue weighted by Crippen LogP contribution is -2.20. The SMILES string of the molecule is CCc1ccc(NC(=O)CC(C)CN)cc1. The van der Waals surface area contributed by atoms with Crippen LogP contribution in [0.3, 0.4) is 0 Å². The Morgan fingerprint density at radius 1 is 1.38 bits per heavy atom. The third-order valence-corrected chi connectivity index (χ3v) is 2.58. The summed E-state index contributed by atoms with van der Waals surface area (Å²) in [5.41, 5.74) is 7.60. The van der Waals surface area contributed by atoms with Gasteiger partial charge in [-0.3, -0.25) is 4.79 Å². The molecule has 3 heteroatoms. The van der Waals surface area contributed by atoms with Crippen LogP contribution < -0.4 is 11.1 Å². The van der Waals surface area contributed by atoms with Crippen LogP contribution in [0.5, 0.6) is 0 Å². The first-order valence-electron chi connectivity index (χ1n) is 5.74. The molecule has 0 bridgehead atoms. The molecule has 1 unspecified atom stereocenters. The first kappa shape index (κ1) is 12.7. The molecular weight excluding hydrogens is 200 g/mol. The summed E-state index contributed by atoms with van der Waals surface area (Å²) in [6.07, 6.45) is 1.49. The Hall–Kier alpha value is -1.35. The predicted molar refractivity (Wildman–Crippen MR) is 67.3 cm³/mol. The molecule has 1 aromatic rings. The summed E-state index contributed by atoms with van der Waals surface area (Å²) in [5, 5.41) is 2.86. The van der Waals surface area contributed by atoms with Gasteiger partial charge in [0.1, 0.15) is 0 Å². The molecule has 0 aromatic heterocycles. The zero-order valence-electron chi connectivity index (χ0n) is 9.99.